The molecule has 0 N–H and O–H groups in total. The lowest BCUT2D eigenvalue weighted by atomic mass is 9.95. The van der Waals surface area contributed by atoms with Crippen LogP contribution in [0.5, 0.6) is 0 Å². The van der Waals surface area contributed by atoms with Crippen LogP contribution in [0.2, 0.25) is 0 Å². The lowest BCUT2D eigenvalue weighted by molar-refractivity contribution is 0.853. The van der Waals surface area contributed by atoms with Crippen LogP contribution in [-0.2, 0) is 0 Å². The van der Waals surface area contributed by atoms with Gasteiger partial charge in [0.15, 0.2) is 0 Å². The molecule has 2 rings (SSSR count). The molecule has 0 aromatic heterocycles. The Bertz CT molecular complexity index is 356. The van der Waals surface area contributed by atoms with Gasteiger partial charge in [0, 0.05) is 6.42 Å². The molecule has 13 heavy (non-hydrogen) atoms. The first kappa shape index (κ1) is 8.55. The molecule has 0 heteroatoms. The monoisotopic (exact) mass is 171 g/mol. The van der Waals surface area contributed by atoms with Crippen LogP contribution in [0.25, 0.3) is 5.57 Å². The summed E-state index contributed by atoms with van der Waals surface area (Å²) in [7, 11) is 0. The van der Waals surface area contributed by atoms with E-state index in [1.54, 1.807) is 0 Å². The molecule has 0 spiro atoms. The first-order valence-corrected chi connectivity index (χ1v) is 4.85. The molecule has 0 amide bonds. The topological polar surface area (TPSA) is 0 Å². The number of fused-ring (bicyclic) bond motifs is 1. The van der Waals surface area contributed by atoms with Crippen molar-refractivity contribution in [2.45, 2.75) is 20.8 Å². The zero-order valence-corrected chi connectivity index (χ0v) is 8.46. The zero-order chi connectivity index (χ0) is 9.42. The zero-order valence-electron chi connectivity index (χ0n) is 8.46. The van der Waals surface area contributed by atoms with Gasteiger partial charge in [-0.3, -0.25) is 0 Å². The van der Waals surface area contributed by atoms with Gasteiger partial charge in [-0.05, 0) is 29.5 Å². The highest BCUT2D eigenvalue weighted by atomic mass is 14.2. The van der Waals surface area contributed by atoms with Gasteiger partial charge in [-0.1, -0.05) is 43.7 Å². The van der Waals surface area contributed by atoms with Gasteiger partial charge >= 0.3 is 0 Å². The molecular weight excluding hydrogens is 156 g/mol. The third-order valence-electron chi connectivity index (χ3n) is 2.63. The molecule has 0 saturated heterocycles. The summed E-state index contributed by atoms with van der Waals surface area (Å²) in [6.45, 7) is 6.72. The van der Waals surface area contributed by atoms with E-state index in [9.17, 15) is 0 Å². The van der Waals surface area contributed by atoms with Crippen LogP contribution in [-0.4, -0.2) is 0 Å². The third-order valence-corrected chi connectivity index (χ3v) is 2.63. The van der Waals surface area contributed by atoms with Gasteiger partial charge < -0.3 is 0 Å². The summed E-state index contributed by atoms with van der Waals surface area (Å²) in [5.74, 6) is 0.625. The van der Waals surface area contributed by atoms with Crippen LogP contribution in [0, 0.1) is 12.3 Å². The Morgan fingerprint density at radius 3 is 2.46 bits per heavy atom. The summed E-state index contributed by atoms with van der Waals surface area (Å²) < 4.78 is 0. The summed E-state index contributed by atoms with van der Waals surface area (Å²) in [6.07, 6.45) is 2.28. The predicted molar refractivity (Wildman–Crippen MR) is 57.3 cm³/mol. The maximum Gasteiger partial charge on any atom is 0.0164 e. The smallest absolute Gasteiger partial charge is 0.0164 e. The van der Waals surface area contributed by atoms with Gasteiger partial charge in [0.2, 0.25) is 0 Å². The highest BCUT2D eigenvalue weighted by Gasteiger charge is 2.20. The van der Waals surface area contributed by atoms with E-state index in [1.807, 2.05) is 0 Å². The molecule has 1 aromatic rings. The molecule has 0 saturated carbocycles. The molecule has 0 aliphatic heterocycles. The minimum absolute atomic E-state index is 0.625. The Labute approximate surface area is 80.3 Å². The Morgan fingerprint density at radius 2 is 1.77 bits per heavy atom. The highest BCUT2D eigenvalue weighted by Crippen LogP contribution is 2.37. The van der Waals surface area contributed by atoms with Crippen molar-refractivity contribution in [1.82, 2.24) is 0 Å². The van der Waals surface area contributed by atoms with Crippen molar-refractivity contribution in [1.29, 1.82) is 0 Å². The SMILES string of the molecule is CC1=C(C(C)C)c2ccccc2[CH]1. The van der Waals surface area contributed by atoms with Crippen LogP contribution in [0.15, 0.2) is 29.8 Å². The van der Waals surface area contributed by atoms with Gasteiger partial charge in [-0.25, -0.2) is 0 Å². The van der Waals surface area contributed by atoms with Crippen LogP contribution in [0.4, 0.5) is 0 Å². The van der Waals surface area contributed by atoms with E-state index < -0.39 is 0 Å². The second kappa shape index (κ2) is 3.02. The number of benzene rings is 1. The average molecular weight is 171 g/mol. The summed E-state index contributed by atoms with van der Waals surface area (Å²) >= 11 is 0. The molecule has 0 nitrogen and oxygen atoms in total. The Balaban J connectivity index is 2.53. The summed E-state index contributed by atoms with van der Waals surface area (Å²) in [5.41, 5.74) is 5.74. The standard InChI is InChI=1S/C13H15/c1-9(2)13-10(3)8-11-6-4-5-7-12(11)13/h4-9H,1-3H3. The van der Waals surface area contributed by atoms with Gasteiger partial charge in [0.25, 0.3) is 0 Å². The van der Waals surface area contributed by atoms with E-state index in [0.29, 0.717) is 5.92 Å². The van der Waals surface area contributed by atoms with Crippen LogP contribution in [0.3, 0.4) is 0 Å². The molecule has 0 heterocycles. The van der Waals surface area contributed by atoms with Gasteiger partial charge in [0.05, 0.1) is 0 Å². The van der Waals surface area contributed by atoms with E-state index in [1.165, 1.54) is 22.3 Å². The molecule has 0 atom stereocenters. The fraction of sp³-hybridized carbons (Fsp3) is 0.308. The minimum atomic E-state index is 0.625. The minimum Gasteiger partial charge on any atom is -0.0619 e. The molecule has 67 valence electrons. The summed E-state index contributed by atoms with van der Waals surface area (Å²) in [6, 6.07) is 8.63. The molecular formula is C13H15. The lowest BCUT2D eigenvalue weighted by Crippen LogP contribution is -1.92. The van der Waals surface area contributed by atoms with E-state index in [4.69, 9.17) is 0 Å². The Kier molecular flexibility index (Phi) is 1.99. The number of rotatable bonds is 1. The van der Waals surface area contributed by atoms with Crippen molar-refractivity contribution in [3.8, 4) is 0 Å². The molecule has 1 radical (unpaired) electrons. The molecule has 1 aliphatic rings. The van der Waals surface area contributed by atoms with Crippen LogP contribution in [0.1, 0.15) is 31.9 Å². The van der Waals surface area contributed by atoms with Crippen molar-refractivity contribution in [3.63, 3.8) is 0 Å². The highest BCUT2D eigenvalue weighted by molar-refractivity contribution is 5.80. The summed E-state index contributed by atoms with van der Waals surface area (Å²) in [5, 5.41) is 0. The second-order valence-electron chi connectivity index (χ2n) is 3.98. The molecule has 1 aromatic carbocycles. The van der Waals surface area contributed by atoms with E-state index >= 15 is 0 Å². The normalized spacial score (nSPS) is 15.4. The maximum atomic E-state index is 2.28. The number of hydrogen-bond acceptors (Lipinski definition) is 0. The second-order valence-corrected chi connectivity index (χ2v) is 3.98. The predicted octanol–water partition coefficient (Wildman–Crippen LogP) is 3.68. The summed E-state index contributed by atoms with van der Waals surface area (Å²) in [4.78, 5) is 0. The maximum absolute atomic E-state index is 2.28. The van der Waals surface area contributed by atoms with Crippen molar-refractivity contribution in [2.24, 2.45) is 5.92 Å². The molecule has 0 unspecified atom stereocenters. The first-order valence-electron chi connectivity index (χ1n) is 4.85. The van der Waals surface area contributed by atoms with Crippen molar-refractivity contribution in [2.75, 3.05) is 0 Å². The molecule has 1 aliphatic carbocycles. The Morgan fingerprint density at radius 1 is 1.08 bits per heavy atom. The lowest BCUT2D eigenvalue weighted by Gasteiger charge is -2.09. The number of allylic oxidation sites excluding steroid dienone is 2. The molecule has 0 fully saturated rings. The van der Waals surface area contributed by atoms with Crippen LogP contribution < -0.4 is 0 Å². The van der Waals surface area contributed by atoms with Gasteiger partial charge in [-0.2, -0.15) is 0 Å². The van der Waals surface area contributed by atoms with E-state index in [2.05, 4.69) is 51.5 Å². The van der Waals surface area contributed by atoms with Crippen molar-refractivity contribution in [3.05, 3.63) is 47.4 Å². The average Bonchev–Trinajstić information content (AvgIpc) is 2.39. The van der Waals surface area contributed by atoms with E-state index in [-0.39, 0.29) is 0 Å². The van der Waals surface area contributed by atoms with Crippen molar-refractivity contribution < 1.29 is 0 Å². The van der Waals surface area contributed by atoms with Gasteiger partial charge in [0.1, 0.15) is 0 Å². The first-order chi connectivity index (χ1) is 6.20. The fourth-order valence-electron chi connectivity index (χ4n) is 2.16. The van der Waals surface area contributed by atoms with E-state index in [0.717, 1.165) is 0 Å². The third kappa shape index (κ3) is 1.31. The largest absolute Gasteiger partial charge is 0.0619 e. The number of hydrogen-bond donors (Lipinski definition) is 0. The fourth-order valence-corrected chi connectivity index (χ4v) is 2.16. The Hall–Kier alpha value is -1.04. The molecule has 0 bridgehead atoms. The van der Waals surface area contributed by atoms with Gasteiger partial charge in [-0.15, -0.1) is 0 Å². The van der Waals surface area contributed by atoms with Crippen LogP contribution >= 0.6 is 0 Å². The quantitative estimate of drug-likeness (QED) is 0.604. The van der Waals surface area contributed by atoms with Crippen molar-refractivity contribution >= 4 is 5.57 Å².